The summed E-state index contributed by atoms with van der Waals surface area (Å²) in [5.41, 5.74) is 4.69. The number of hydrogen-bond acceptors (Lipinski definition) is 8. The topological polar surface area (TPSA) is 149 Å². The molecular weight excluding hydrogens is 870 g/mol. The van der Waals surface area contributed by atoms with Crippen LogP contribution in [0, 0.1) is 58.1 Å². The van der Waals surface area contributed by atoms with Crippen molar-refractivity contribution in [2.75, 3.05) is 0 Å². The number of amides is 4. The van der Waals surface area contributed by atoms with Gasteiger partial charge in [0.2, 0.25) is 0 Å². The van der Waals surface area contributed by atoms with Crippen molar-refractivity contribution >= 4 is 45.8 Å². The van der Waals surface area contributed by atoms with E-state index in [1.165, 1.54) is 24.0 Å². The number of hydrogen-bond donors (Lipinski definition) is 0. The maximum atomic E-state index is 11.7. The number of rotatable bonds is 2. The Labute approximate surface area is 392 Å². The summed E-state index contributed by atoms with van der Waals surface area (Å²) in [6, 6.07) is 11.9. The summed E-state index contributed by atoms with van der Waals surface area (Å²) >= 11 is 0. The van der Waals surface area contributed by atoms with Crippen molar-refractivity contribution in [2.24, 2.45) is 45.3 Å². The predicted molar refractivity (Wildman–Crippen MR) is 219 cm³/mol. The fraction of sp³-hybridized carbons (Fsp3) is 0.600. The van der Waals surface area contributed by atoms with E-state index in [1.54, 1.807) is 0 Å². The second-order valence-corrected chi connectivity index (χ2v) is 18.8. The van der Waals surface area contributed by atoms with E-state index in [-0.39, 0.29) is 134 Å². The number of fused-ring (bicyclic) bond motifs is 2. The molecule has 0 N–H and O–H groups in total. The Morgan fingerprint density at radius 3 is 0.982 bits per heavy atom. The normalized spacial score (nSPS) is 19.2. The van der Waals surface area contributed by atoms with Gasteiger partial charge in [-0.1, -0.05) is 171 Å². The van der Waals surface area contributed by atoms with Gasteiger partial charge in [0.15, 0.2) is 0 Å². The summed E-state index contributed by atoms with van der Waals surface area (Å²) in [5.74, 6) is -2.07. The fourth-order valence-corrected chi connectivity index (χ4v) is 6.72. The number of aromatic nitrogens is 2. The number of carbonyl (C=O) groups excluding carboxylic acids is 4. The standard InChI is InChI=1S/C15H8N2O2.2C12H21NO2.2C3H8.2Y/c1-3-14-12(16-8-18-14)6-10(1)5-11-2-4-15-13(7-11)17-9-19-15;2*1-11(2,3)7-8(12(4,5)6)10(15)13-9(7)14;2*1-3-2;;/h1-4,6-7H,5H2;2*7-8H,1-6H3,(H,13,14,15);2*3H2,1-2H3;;/q-2;;;;;;/p-2. The van der Waals surface area contributed by atoms with E-state index in [1.807, 2.05) is 119 Å². The number of benzene rings is 2. The molecule has 0 saturated carbocycles. The van der Waals surface area contributed by atoms with Crippen LogP contribution in [0.15, 0.2) is 45.2 Å². The van der Waals surface area contributed by atoms with E-state index < -0.39 is 0 Å². The van der Waals surface area contributed by atoms with Crippen LogP contribution in [0.4, 0.5) is 0 Å². The van der Waals surface area contributed by atoms with Gasteiger partial charge in [-0.2, -0.15) is 0 Å². The number of carbonyl (C=O) groups is 4. The summed E-state index contributed by atoms with van der Waals surface area (Å²) in [5, 5.41) is 7.21. The first kappa shape index (κ1) is 54.9. The molecular formula is C45H64N4O6Y2-4. The van der Waals surface area contributed by atoms with Gasteiger partial charge in [-0.15, -0.1) is 0 Å². The van der Waals surface area contributed by atoms with Crippen LogP contribution in [0.2, 0.25) is 0 Å². The largest absolute Gasteiger partial charge is 0.595 e. The quantitative estimate of drug-likeness (QED) is 0.142. The van der Waals surface area contributed by atoms with E-state index in [4.69, 9.17) is 8.83 Å². The van der Waals surface area contributed by atoms with Crippen LogP contribution < -0.4 is 0 Å². The third kappa shape index (κ3) is 15.8. The minimum Gasteiger partial charge on any atom is -0.595 e. The Bertz CT molecular complexity index is 1690. The van der Waals surface area contributed by atoms with Crippen LogP contribution in [-0.4, -0.2) is 33.6 Å². The molecule has 2 aromatic heterocycles. The third-order valence-corrected chi connectivity index (χ3v) is 9.00. The van der Waals surface area contributed by atoms with Crippen molar-refractivity contribution < 1.29 is 93.4 Å². The molecule has 0 aliphatic carbocycles. The Morgan fingerprint density at radius 2 is 0.754 bits per heavy atom. The summed E-state index contributed by atoms with van der Waals surface area (Å²) in [7, 11) is 0. The molecule has 0 bridgehead atoms. The van der Waals surface area contributed by atoms with Crippen LogP contribution in [-0.2, 0) is 91.0 Å². The molecule has 4 heterocycles. The minimum atomic E-state index is -0.273. The van der Waals surface area contributed by atoms with E-state index in [0.29, 0.717) is 0 Å². The third-order valence-electron chi connectivity index (χ3n) is 9.00. The first-order chi connectivity index (χ1) is 25.3. The Kier molecular flexibility index (Phi) is 22.2. The molecule has 2 fully saturated rings. The van der Waals surface area contributed by atoms with E-state index in [2.05, 4.69) is 61.1 Å². The Balaban J connectivity index is 0.000000766. The summed E-state index contributed by atoms with van der Waals surface area (Å²) in [6.07, 6.45) is 8.31. The molecule has 2 aliphatic heterocycles. The number of oxazole rings is 2. The van der Waals surface area contributed by atoms with E-state index >= 15 is 0 Å². The van der Waals surface area contributed by atoms with E-state index in [0.717, 1.165) is 28.6 Å². The zero-order valence-electron chi connectivity index (χ0n) is 37.3. The molecule has 57 heavy (non-hydrogen) atoms. The maximum absolute atomic E-state index is 11.7. The molecule has 2 aliphatic rings. The molecule has 4 unspecified atom stereocenters. The zero-order valence-corrected chi connectivity index (χ0v) is 43.0. The summed E-state index contributed by atoms with van der Waals surface area (Å²) < 4.78 is 10.2. The number of imide groups is 2. The van der Waals surface area contributed by atoms with Crippen LogP contribution in [0.3, 0.4) is 0 Å². The van der Waals surface area contributed by atoms with Crippen molar-refractivity contribution in [2.45, 2.75) is 130 Å². The van der Waals surface area contributed by atoms with Crippen LogP contribution >= 0.6 is 0 Å². The monoisotopic (exact) mass is 934 g/mol. The van der Waals surface area contributed by atoms with Crippen molar-refractivity contribution in [3.05, 3.63) is 70.9 Å². The first-order valence-electron chi connectivity index (χ1n) is 19.4. The molecule has 4 atom stereocenters. The summed E-state index contributed by atoms with van der Waals surface area (Å²) in [4.78, 5) is 54.9. The summed E-state index contributed by atoms with van der Waals surface area (Å²) in [6.45, 7) is 32.4. The molecule has 0 spiro atoms. The average Bonchev–Trinajstić information content (AvgIpc) is 3.82. The first-order valence-corrected chi connectivity index (χ1v) is 19.4. The van der Waals surface area contributed by atoms with Crippen LogP contribution in [0.5, 0.6) is 0 Å². The Morgan fingerprint density at radius 1 is 0.509 bits per heavy atom. The minimum absolute atomic E-state index is 0. The smallest absolute Gasteiger partial charge is 0.103 e. The van der Waals surface area contributed by atoms with Crippen molar-refractivity contribution in [1.29, 1.82) is 0 Å². The van der Waals surface area contributed by atoms with Crippen LogP contribution in [0.25, 0.3) is 32.8 Å². The SMILES string of the molecule is CC(C)(C)C1C(=O)[N-]C(=O)C1C(C)(C)C.CC(C)(C)C1C(=O)[N-]C(=O)C1C(C)(C)C.CCC.CCC.[Y].[Y].[c-]1nc2cc(Cc3ccc4o[c-]nc4c3)ccc2o1. The van der Waals surface area contributed by atoms with Crippen molar-refractivity contribution in [3.63, 3.8) is 0 Å². The molecule has 310 valence electrons. The zero-order chi connectivity index (χ0) is 42.1. The van der Waals surface area contributed by atoms with Gasteiger partial charge in [-0.05, 0) is 50.3 Å². The molecule has 2 radical (unpaired) electrons. The van der Waals surface area contributed by atoms with Crippen LogP contribution in [0.1, 0.15) is 135 Å². The fourth-order valence-electron chi connectivity index (χ4n) is 6.72. The molecule has 2 saturated heterocycles. The van der Waals surface area contributed by atoms with Crippen molar-refractivity contribution in [3.8, 4) is 0 Å². The molecule has 6 rings (SSSR count). The molecule has 12 heteroatoms. The molecule has 4 amide bonds. The van der Waals surface area contributed by atoms with Gasteiger partial charge < -0.3 is 48.6 Å². The molecule has 2 aromatic carbocycles. The second-order valence-electron chi connectivity index (χ2n) is 18.8. The van der Waals surface area contributed by atoms with Gasteiger partial charge in [0, 0.05) is 89.1 Å². The van der Waals surface area contributed by atoms with Gasteiger partial charge >= 0.3 is 0 Å². The van der Waals surface area contributed by atoms with Crippen molar-refractivity contribution in [1.82, 2.24) is 9.97 Å². The van der Waals surface area contributed by atoms with Gasteiger partial charge in [-0.25, -0.2) is 0 Å². The molecule has 4 aromatic rings. The second kappa shape index (κ2) is 23.0. The predicted octanol–water partition coefficient (Wildman–Crippen LogP) is 11.5. The van der Waals surface area contributed by atoms with Gasteiger partial charge in [0.1, 0.15) is 12.8 Å². The van der Waals surface area contributed by atoms with Gasteiger partial charge in [0.05, 0.1) is 23.6 Å². The Hall–Kier alpha value is -2.13. The van der Waals surface area contributed by atoms with Gasteiger partial charge in [-0.3, -0.25) is 0 Å². The number of nitrogens with zero attached hydrogens (tertiary/aromatic N) is 4. The van der Waals surface area contributed by atoms with E-state index in [9.17, 15) is 19.2 Å². The molecule has 10 nitrogen and oxygen atoms in total. The van der Waals surface area contributed by atoms with Gasteiger partial charge in [0.25, 0.3) is 0 Å². The maximum Gasteiger partial charge on any atom is 0.103 e. The average molecular weight is 935 g/mol.